The molecule has 1 saturated heterocycles. The van der Waals surface area contributed by atoms with E-state index in [0.29, 0.717) is 11.6 Å². The first-order valence-electron chi connectivity index (χ1n) is 8.32. The summed E-state index contributed by atoms with van der Waals surface area (Å²) in [5.41, 5.74) is -0.377. The first-order chi connectivity index (χ1) is 11.9. The molecule has 8 heteroatoms. The van der Waals surface area contributed by atoms with Crippen molar-refractivity contribution in [1.29, 1.82) is 0 Å². The van der Waals surface area contributed by atoms with Crippen LogP contribution >= 0.6 is 27.5 Å². The number of piperazine rings is 1. The highest BCUT2D eigenvalue weighted by molar-refractivity contribution is 9.10. The van der Waals surface area contributed by atoms with Gasteiger partial charge in [0.1, 0.15) is 11.4 Å². The zero-order chi connectivity index (χ0) is 19.8. The van der Waals surface area contributed by atoms with Gasteiger partial charge in [-0.05, 0) is 55.8 Å². The van der Waals surface area contributed by atoms with Gasteiger partial charge < -0.3 is 14.5 Å². The van der Waals surface area contributed by atoms with Crippen LogP contribution in [-0.4, -0.2) is 46.5 Å². The summed E-state index contributed by atoms with van der Waals surface area (Å²) in [6.45, 7) is 9.05. The Morgan fingerprint density at radius 1 is 1.31 bits per heavy atom. The summed E-state index contributed by atoms with van der Waals surface area (Å²) in [5, 5.41) is 0.346. The highest BCUT2D eigenvalue weighted by Crippen LogP contribution is 2.35. The standard InChI is InChI=1S/C18H23BrClFN2O3/c1-10-8-22(17(25)26-18(3,4)5)9-15(23(10)11(2)24)13-6-12(20)7-14(19)16(13)21/h6-7,10,15H,8-9H2,1-5H3/t10-,15+/m1/s1. The lowest BCUT2D eigenvalue weighted by atomic mass is 9.98. The summed E-state index contributed by atoms with van der Waals surface area (Å²) in [5.74, 6) is -0.689. The van der Waals surface area contributed by atoms with Gasteiger partial charge in [-0.25, -0.2) is 9.18 Å². The van der Waals surface area contributed by atoms with E-state index in [1.807, 2.05) is 6.92 Å². The molecule has 0 saturated carbocycles. The van der Waals surface area contributed by atoms with Crippen LogP contribution in [0.4, 0.5) is 9.18 Å². The molecule has 5 nitrogen and oxygen atoms in total. The number of ether oxygens (including phenoxy) is 1. The second kappa shape index (κ2) is 7.72. The molecule has 0 aromatic heterocycles. The summed E-state index contributed by atoms with van der Waals surface area (Å²) in [6, 6.07) is 2.00. The summed E-state index contributed by atoms with van der Waals surface area (Å²) in [4.78, 5) is 27.8. The fraction of sp³-hybridized carbons (Fsp3) is 0.556. The number of benzene rings is 1. The lowest BCUT2D eigenvalue weighted by Gasteiger charge is -2.45. The number of carbonyl (C=O) groups is 2. The van der Waals surface area contributed by atoms with Gasteiger partial charge in [0.25, 0.3) is 0 Å². The predicted molar refractivity (Wildman–Crippen MR) is 102 cm³/mol. The lowest BCUT2D eigenvalue weighted by Crippen LogP contribution is -2.57. The molecule has 1 aliphatic rings. The van der Waals surface area contributed by atoms with E-state index in [1.165, 1.54) is 24.0 Å². The normalized spacial score (nSPS) is 20.9. The summed E-state index contributed by atoms with van der Waals surface area (Å²) in [7, 11) is 0. The number of rotatable bonds is 1. The van der Waals surface area contributed by atoms with Crippen molar-refractivity contribution >= 4 is 39.5 Å². The van der Waals surface area contributed by atoms with Gasteiger partial charge in [0, 0.05) is 36.6 Å². The molecule has 144 valence electrons. The van der Waals surface area contributed by atoms with Crippen LogP contribution in [0.1, 0.15) is 46.2 Å². The van der Waals surface area contributed by atoms with E-state index >= 15 is 0 Å². The Bertz CT molecular complexity index is 723. The van der Waals surface area contributed by atoms with E-state index in [4.69, 9.17) is 16.3 Å². The number of nitrogens with zero attached hydrogens (tertiary/aromatic N) is 2. The van der Waals surface area contributed by atoms with E-state index in [-0.39, 0.29) is 28.5 Å². The Morgan fingerprint density at radius 2 is 1.92 bits per heavy atom. The molecular formula is C18H23BrClFN2O3. The van der Waals surface area contributed by atoms with Crippen molar-refractivity contribution in [3.05, 3.63) is 33.0 Å². The Hall–Kier alpha value is -1.34. The molecule has 1 aromatic carbocycles. The quantitative estimate of drug-likeness (QED) is 0.580. The van der Waals surface area contributed by atoms with Crippen molar-refractivity contribution in [2.45, 2.75) is 52.3 Å². The minimum atomic E-state index is -0.654. The largest absolute Gasteiger partial charge is 0.444 e. The molecule has 2 rings (SSSR count). The molecule has 0 radical (unpaired) electrons. The lowest BCUT2D eigenvalue weighted by molar-refractivity contribution is -0.137. The molecular weight excluding hydrogens is 427 g/mol. The van der Waals surface area contributed by atoms with Crippen LogP contribution in [0.5, 0.6) is 0 Å². The van der Waals surface area contributed by atoms with E-state index < -0.39 is 23.6 Å². The molecule has 0 unspecified atom stereocenters. The van der Waals surface area contributed by atoms with Gasteiger partial charge in [-0.15, -0.1) is 0 Å². The molecule has 2 atom stereocenters. The van der Waals surface area contributed by atoms with Crippen molar-refractivity contribution in [2.24, 2.45) is 0 Å². The van der Waals surface area contributed by atoms with Crippen molar-refractivity contribution in [3.63, 3.8) is 0 Å². The Labute approximate surface area is 166 Å². The van der Waals surface area contributed by atoms with Gasteiger partial charge in [-0.2, -0.15) is 0 Å². The monoisotopic (exact) mass is 448 g/mol. The second-order valence-corrected chi connectivity index (χ2v) is 8.76. The average Bonchev–Trinajstić information content (AvgIpc) is 2.47. The second-order valence-electron chi connectivity index (χ2n) is 7.47. The van der Waals surface area contributed by atoms with E-state index in [9.17, 15) is 14.0 Å². The number of halogens is 3. The Kier molecular flexibility index (Phi) is 6.23. The van der Waals surface area contributed by atoms with Crippen LogP contribution in [0.2, 0.25) is 5.02 Å². The molecule has 2 amide bonds. The SMILES string of the molecule is CC(=O)N1[C@H](C)CN(C(=O)OC(C)(C)C)C[C@H]1c1cc(Cl)cc(Br)c1F. The number of hydrogen-bond donors (Lipinski definition) is 0. The van der Waals surface area contributed by atoms with Crippen LogP contribution in [-0.2, 0) is 9.53 Å². The zero-order valence-corrected chi connectivity index (χ0v) is 17.8. The highest BCUT2D eigenvalue weighted by Gasteiger charge is 2.39. The molecule has 1 fully saturated rings. The van der Waals surface area contributed by atoms with Gasteiger partial charge in [-0.3, -0.25) is 4.79 Å². The third-order valence-corrected chi connectivity index (χ3v) is 4.88. The minimum absolute atomic E-state index is 0.128. The first-order valence-corrected chi connectivity index (χ1v) is 9.49. The van der Waals surface area contributed by atoms with Crippen LogP contribution < -0.4 is 0 Å². The van der Waals surface area contributed by atoms with Gasteiger partial charge in [0.05, 0.1) is 10.5 Å². The topological polar surface area (TPSA) is 49.9 Å². The molecule has 0 spiro atoms. The van der Waals surface area contributed by atoms with Crippen LogP contribution in [0.25, 0.3) is 0 Å². The van der Waals surface area contributed by atoms with E-state index in [2.05, 4.69) is 15.9 Å². The summed E-state index contributed by atoms with van der Waals surface area (Å²) in [6.07, 6.45) is -0.487. The molecule has 0 aliphatic carbocycles. The Morgan fingerprint density at radius 3 is 2.46 bits per heavy atom. The zero-order valence-electron chi connectivity index (χ0n) is 15.5. The third kappa shape index (κ3) is 4.68. The smallest absolute Gasteiger partial charge is 0.410 e. The average molecular weight is 450 g/mol. The molecule has 1 aromatic rings. The molecule has 0 bridgehead atoms. The molecule has 0 N–H and O–H groups in total. The van der Waals surface area contributed by atoms with Crippen LogP contribution in [0.15, 0.2) is 16.6 Å². The molecule has 1 aliphatic heterocycles. The first kappa shape index (κ1) is 21.0. The maximum absolute atomic E-state index is 14.8. The summed E-state index contributed by atoms with van der Waals surface area (Å²) < 4.78 is 20.4. The van der Waals surface area contributed by atoms with Crippen LogP contribution in [0, 0.1) is 5.82 Å². The van der Waals surface area contributed by atoms with Crippen LogP contribution in [0.3, 0.4) is 0 Å². The Balaban J connectivity index is 2.42. The fourth-order valence-electron chi connectivity index (χ4n) is 3.16. The van der Waals surface area contributed by atoms with Crippen molar-refractivity contribution in [1.82, 2.24) is 9.80 Å². The van der Waals surface area contributed by atoms with E-state index in [1.54, 1.807) is 25.7 Å². The maximum atomic E-state index is 14.8. The summed E-state index contributed by atoms with van der Waals surface area (Å²) >= 11 is 9.24. The van der Waals surface area contributed by atoms with Gasteiger partial charge in [0.15, 0.2) is 0 Å². The van der Waals surface area contributed by atoms with Crippen molar-refractivity contribution < 1.29 is 18.7 Å². The van der Waals surface area contributed by atoms with Gasteiger partial charge in [0.2, 0.25) is 5.91 Å². The minimum Gasteiger partial charge on any atom is -0.444 e. The predicted octanol–water partition coefficient (Wildman–Crippen LogP) is 4.77. The maximum Gasteiger partial charge on any atom is 0.410 e. The van der Waals surface area contributed by atoms with Gasteiger partial charge >= 0.3 is 6.09 Å². The van der Waals surface area contributed by atoms with Crippen molar-refractivity contribution in [2.75, 3.05) is 13.1 Å². The number of carbonyl (C=O) groups excluding carboxylic acids is 2. The molecule has 26 heavy (non-hydrogen) atoms. The number of amides is 2. The van der Waals surface area contributed by atoms with E-state index in [0.717, 1.165) is 0 Å². The molecule has 1 heterocycles. The number of hydrogen-bond acceptors (Lipinski definition) is 3. The third-order valence-electron chi connectivity index (χ3n) is 4.08. The highest BCUT2D eigenvalue weighted by atomic mass is 79.9. The van der Waals surface area contributed by atoms with Crippen molar-refractivity contribution in [3.8, 4) is 0 Å². The van der Waals surface area contributed by atoms with Gasteiger partial charge in [-0.1, -0.05) is 11.6 Å². The fourth-order valence-corrected chi connectivity index (χ4v) is 3.99.